The number of hydrogen-bond acceptors (Lipinski definition) is 3. The first kappa shape index (κ1) is 17.9. The van der Waals surface area contributed by atoms with Crippen LogP contribution in [0.2, 0.25) is 0 Å². The molecule has 0 aliphatic carbocycles. The molecule has 0 saturated heterocycles. The summed E-state index contributed by atoms with van der Waals surface area (Å²) in [4.78, 5) is 23.6. The number of nitrogens with one attached hydrogen (secondary N) is 3. The lowest BCUT2D eigenvalue weighted by Crippen LogP contribution is -2.52. The van der Waals surface area contributed by atoms with Crippen LogP contribution in [0.4, 0.5) is 0 Å². The van der Waals surface area contributed by atoms with Gasteiger partial charge in [-0.15, -0.1) is 0 Å². The quantitative estimate of drug-likeness (QED) is 0.618. The second-order valence-electron chi connectivity index (χ2n) is 5.57. The molecule has 0 aromatic carbocycles. The third-order valence-electron chi connectivity index (χ3n) is 2.97. The highest BCUT2D eigenvalue weighted by molar-refractivity contribution is 5.84. The van der Waals surface area contributed by atoms with Crippen LogP contribution in [0.25, 0.3) is 0 Å². The van der Waals surface area contributed by atoms with Crippen molar-refractivity contribution in [3.05, 3.63) is 0 Å². The second kappa shape index (κ2) is 8.91. The lowest BCUT2D eigenvalue weighted by atomic mass is 10.2. The summed E-state index contributed by atoms with van der Waals surface area (Å²) in [5, 5.41) is 8.74. The molecule has 0 bridgehead atoms. The van der Waals surface area contributed by atoms with Crippen LogP contribution in [-0.2, 0) is 9.59 Å². The predicted octanol–water partition coefficient (Wildman–Crippen LogP) is 1.04. The Morgan fingerprint density at radius 2 is 1.47 bits per heavy atom. The number of carbonyl (C=O) groups excluding carboxylic acids is 2. The van der Waals surface area contributed by atoms with Crippen molar-refractivity contribution in [2.24, 2.45) is 5.92 Å². The predicted molar refractivity (Wildman–Crippen MR) is 77.8 cm³/mol. The van der Waals surface area contributed by atoms with Crippen LogP contribution >= 0.6 is 0 Å². The average Bonchev–Trinajstić information content (AvgIpc) is 2.35. The molecule has 19 heavy (non-hydrogen) atoms. The molecular formula is C14H29N3O2. The van der Waals surface area contributed by atoms with E-state index >= 15 is 0 Å². The fraction of sp³-hybridized carbons (Fsp3) is 0.857. The summed E-state index contributed by atoms with van der Waals surface area (Å²) in [6, 6.07) is -0.605. The molecule has 0 aliphatic rings. The molecule has 5 heteroatoms. The summed E-state index contributed by atoms with van der Waals surface area (Å²) in [6.07, 6.45) is 0.892. The van der Waals surface area contributed by atoms with Crippen molar-refractivity contribution in [2.45, 2.75) is 66.1 Å². The standard InChI is InChI=1S/C14H29N3O2/c1-7-10(4)16-14(19)12(6)17-11(5)13(18)15-8-9(2)3/h9-12,17H,7-8H2,1-6H3,(H,15,18)(H,16,19). The van der Waals surface area contributed by atoms with Gasteiger partial charge in [0.25, 0.3) is 0 Å². The molecule has 0 heterocycles. The van der Waals surface area contributed by atoms with Gasteiger partial charge in [0.1, 0.15) is 0 Å². The van der Waals surface area contributed by atoms with E-state index in [1.807, 2.05) is 27.7 Å². The van der Waals surface area contributed by atoms with E-state index in [1.54, 1.807) is 13.8 Å². The Kier molecular flexibility index (Phi) is 8.39. The van der Waals surface area contributed by atoms with Gasteiger partial charge in [-0.05, 0) is 33.1 Å². The van der Waals surface area contributed by atoms with E-state index in [0.717, 1.165) is 6.42 Å². The zero-order valence-electron chi connectivity index (χ0n) is 13.0. The normalized spacial score (nSPS) is 15.7. The molecule has 0 saturated carbocycles. The summed E-state index contributed by atoms with van der Waals surface area (Å²) < 4.78 is 0. The molecule has 3 unspecified atom stereocenters. The number of hydrogen-bond donors (Lipinski definition) is 3. The van der Waals surface area contributed by atoms with E-state index in [1.165, 1.54) is 0 Å². The lowest BCUT2D eigenvalue weighted by Gasteiger charge is -2.21. The van der Waals surface area contributed by atoms with Crippen LogP contribution in [-0.4, -0.2) is 36.5 Å². The highest BCUT2D eigenvalue weighted by Gasteiger charge is 2.20. The molecule has 5 nitrogen and oxygen atoms in total. The van der Waals surface area contributed by atoms with Gasteiger partial charge < -0.3 is 10.6 Å². The maximum atomic E-state index is 11.8. The first-order chi connectivity index (χ1) is 8.77. The van der Waals surface area contributed by atoms with Crippen molar-refractivity contribution in [3.63, 3.8) is 0 Å². The number of amides is 2. The van der Waals surface area contributed by atoms with Crippen molar-refractivity contribution in [3.8, 4) is 0 Å². The van der Waals surface area contributed by atoms with Gasteiger partial charge in [-0.1, -0.05) is 20.8 Å². The highest BCUT2D eigenvalue weighted by Crippen LogP contribution is 1.94. The minimum Gasteiger partial charge on any atom is -0.354 e. The molecule has 0 aliphatic heterocycles. The van der Waals surface area contributed by atoms with Crippen LogP contribution in [0.3, 0.4) is 0 Å². The zero-order valence-corrected chi connectivity index (χ0v) is 13.0. The van der Waals surface area contributed by atoms with Crippen LogP contribution < -0.4 is 16.0 Å². The van der Waals surface area contributed by atoms with Crippen LogP contribution in [0.1, 0.15) is 48.0 Å². The molecule has 3 atom stereocenters. The van der Waals surface area contributed by atoms with Gasteiger partial charge in [0.2, 0.25) is 11.8 Å². The van der Waals surface area contributed by atoms with Gasteiger partial charge >= 0.3 is 0 Å². The summed E-state index contributed by atoms with van der Waals surface area (Å²) in [7, 11) is 0. The Labute approximate surface area is 116 Å². The maximum Gasteiger partial charge on any atom is 0.237 e. The van der Waals surface area contributed by atoms with Gasteiger partial charge in [0.05, 0.1) is 12.1 Å². The molecule has 0 fully saturated rings. The van der Waals surface area contributed by atoms with Crippen molar-refractivity contribution in [2.75, 3.05) is 6.54 Å². The molecule has 0 aromatic rings. The van der Waals surface area contributed by atoms with Gasteiger partial charge in [0, 0.05) is 12.6 Å². The monoisotopic (exact) mass is 271 g/mol. The number of carbonyl (C=O) groups is 2. The fourth-order valence-electron chi connectivity index (χ4n) is 1.45. The maximum absolute atomic E-state index is 11.8. The second-order valence-corrected chi connectivity index (χ2v) is 5.57. The fourth-order valence-corrected chi connectivity index (χ4v) is 1.45. The van der Waals surface area contributed by atoms with Gasteiger partial charge in [0.15, 0.2) is 0 Å². The van der Waals surface area contributed by atoms with Gasteiger partial charge in [-0.2, -0.15) is 0 Å². The van der Waals surface area contributed by atoms with E-state index in [2.05, 4.69) is 16.0 Å². The SMILES string of the molecule is CCC(C)NC(=O)C(C)NC(C)C(=O)NCC(C)C. The number of rotatable bonds is 8. The molecule has 112 valence electrons. The highest BCUT2D eigenvalue weighted by atomic mass is 16.2. The average molecular weight is 271 g/mol. The summed E-state index contributed by atoms with van der Waals surface area (Å²) >= 11 is 0. The van der Waals surface area contributed by atoms with Gasteiger partial charge in [-0.25, -0.2) is 0 Å². The zero-order chi connectivity index (χ0) is 15.0. The molecule has 2 amide bonds. The molecule has 0 aromatic heterocycles. The Balaban J connectivity index is 4.13. The van der Waals surface area contributed by atoms with E-state index in [0.29, 0.717) is 12.5 Å². The molecule has 0 rings (SSSR count). The van der Waals surface area contributed by atoms with Crippen LogP contribution in [0, 0.1) is 5.92 Å². The summed E-state index contributed by atoms with van der Waals surface area (Å²) in [5.74, 6) is 0.275. The third kappa shape index (κ3) is 7.82. The first-order valence-electron chi connectivity index (χ1n) is 7.12. The molecule has 0 radical (unpaired) electrons. The van der Waals surface area contributed by atoms with E-state index in [4.69, 9.17) is 0 Å². The van der Waals surface area contributed by atoms with Crippen molar-refractivity contribution in [1.82, 2.24) is 16.0 Å². The minimum atomic E-state index is -0.381. The third-order valence-corrected chi connectivity index (χ3v) is 2.97. The van der Waals surface area contributed by atoms with E-state index in [-0.39, 0.29) is 29.9 Å². The topological polar surface area (TPSA) is 70.2 Å². The summed E-state index contributed by atoms with van der Waals surface area (Å²) in [5.41, 5.74) is 0. The Morgan fingerprint density at radius 3 is 1.95 bits per heavy atom. The lowest BCUT2D eigenvalue weighted by molar-refractivity contribution is -0.125. The Hall–Kier alpha value is -1.10. The first-order valence-corrected chi connectivity index (χ1v) is 7.12. The Bertz CT molecular complexity index is 292. The van der Waals surface area contributed by atoms with Crippen LogP contribution in [0.15, 0.2) is 0 Å². The molecule has 0 spiro atoms. The summed E-state index contributed by atoms with van der Waals surface area (Å²) in [6.45, 7) is 12.3. The van der Waals surface area contributed by atoms with Crippen molar-refractivity contribution >= 4 is 11.8 Å². The van der Waals surface area contributed by atoms with Gasteiger partial charge in [-0.3, -0.25) is 14.9 Å². The minimum absolute atomic E-state index is 0.0714. The van der Waals surface area contributed by atoms with Crippen molar-refractivity contribution in [1.29, 1.82) is 0 Å². The van der Waals surface area contributed by atoms with Crippen LogP contribution in [0.5, 0.6) is 0 Å². The van der Waals surface area contributed by atoms with E-state index < -0.39 is 0 Å². The molecule has 3 N–H and O–H groups in total. The van der Waals surface area contributed by atoms with E-state index in [9.17, 15) is 9.59 Å². The molecular weight excluding hydrogens is 242 g/mol. The Morgan fingerprint density at radius 1 is 0.947 bits per heavy atom. The smallest absolute Gasteiger partial charge is 0.237 e. The largest absolute Gasteiger partial charge is 0.354 e. The van der Waals surface area contributed by atoms with Crippen molar-refractivity contribution < 1.29 is 9.59 Å².